The molecule has 0 saturated carbocycles. The Balaban J connectivity index is 1.95. The van der Waals surface area contributed by atoms with Crippen molar-refractivity contribution in [1.29, 1.82) is 0 Å². The van der Waals surface area contributed by atoms with E-state index in [1.165, 1.54) is 0 Å². The maximum atomic E-state index is 11.9. The van der Waals surface area contributed by atoms with Gasteiger partial charge in [-0.05, 0) is 17.7 Å². The molecular weight excluding hydrogens is 256 g/mol. The van der Waals surface area contributed by atoms with Gasteiger partial charge in [-0.1, -0.05) is 30.3 Å². The van der Waals surface area contributed by atoms with Crippen molar-refractivity contribution in [2.75, 3.05) is 0 Å². The maximum Gasteiger partial charge on any atom is 0.244 e. The first-order valence-corrected chi connectivity index (χ1v) is 6.33. The Bertz CT molecular complexity index is 564. The van der Waals surface area contributed by atoms with Crippen molar-refractivity contribution in [3.8, 4) is 0 Å². The number of amides is 2. The van der Waals surface area contributed by atoms with Gasteiger partial charge in [0.05, 0.1) is 6.26 Å². The topological polar surface area (TPSA) is 85.3 Å². The van der Waals surface area contributed by atoms with Gasteiger partial charge in [0.2, 0.25) is 11.8 Å². The third kappa shape index (κ3) is 3.71. The third-order valence-corrected chi connectivity index (χ3v) is 2.90. The zero-order valence-electron chi connectivity index (χ0n) is 10.9. The van der Waals surface area contributed by atoms with Crippen LogP contribution in [0.25, 0.3) is 0 Å². The highest BCUT2D eigenvalue weighted by atomic mass is 16.3. The van der Waals surface area contributed by atoms with Gasteiger partial charge in [-0.3, -0.25) is 9.59 Å². The molecule has 0 fully saturated rings. The Morgan fingerprint density at radius 1 is 1.15 bits per heavy atom. The molecule has 0 aliphatic carbocycles. The Hall–Kier alpha value is -2.56. The molecule has 5 nitrogen and oxygen atoms in total. The Kier molecular flexibility index (Phi) is 4.55. The predicted molar refractivity (Wildman–Crippen MR) is 73.5 cm³/mol. The van der Waals surface area contributed by atoms with Gasteiger partial charge >= 0.3 is 0 Å². The summed E-state index contributed by atoms with van der Waals surface area (Å²) in [6, 6.07) is 11.7. The summed E-state index contributed by atoms with van der Waals surface area (Å²) in [5.74, 6) is -0.0907. The second kappa shape index (κ2) is 6.56. The van der Waals surface area contributed by atoms with Crippen molar-refractivity contribution < 1.29 is 14.0 Å². The first-order valence-electron chi connectivity index (χ1n) is 6.33. The molecule has 0 unspecified atom stereocenters. The number of furan rings is 1. The van der Waals surface area contributed by atoms with Crippen molar-refractivity contribution >= 4 is 11.8 Å². The number of primary amides is 1. The van der Waals surface area contributed by atoms with E-state index < -0.39 is 11.9 Å². The van der Waals surface area contributed by atoms with E-state index >= 15 is 0 Å². The Morgan fingerprint density at radius 3 is 2.50 bits per heavy atom. The molecule has 5 heteroatoms. The van der Waals surface area contributed by atoms with Crippen LogP contribution in [0.2, 0.25) is 0 Å². The first-order chi connectivity index (χ1) is 9.66. The smallest absolute Gasteiger partial charge is 0.244 e. The Labute approximate surface area is 116 Å². The quantitative estimate of drug-likeness (QED) is 0.836. The van der Waals surface area contributed by atoms with Gasteiger partial charge < -0.3 is 15.5 Å². The lowest BCUT2D eigenvalue weighted by atomic mass is 10.1. The van der Waals surface area contributed by atoms with E-state index in [2.05, 4.69) is 5.32 Å². The van der Waals surface area contributed by atoms with Gasteiger partial charge in [0.25, 0.3) is 0 Å². The van der Waals surface area contributed by atoms with E-state index in [1.54, 1.807) is 42.7 Å². The zero-order chi connectivity index (χ0) is 14.4. The molecule has 0 aliphatic rings. The first kappa shape index (κ1) is 13.9. The predicted octanol–water partition coefficient (Wildman–Crippen LogP) is 1.55. The standard InChI is InChI=1S/C15H16N2O3/c16-15(19)14(11-5-2-1-3-6-11)17-13(18)9-8-12-7-4-10-20-12/h1-7,10,14H,8-9H2,(H2,16,19)(H,17,18)/t14-/m0/s1. The number of nitrogens with two attached hydrogens (primary N) is 1. The number of benzene rings is 1. The number of hydrogen-bond donors (Lipinski definition) is 2. The van der Waals surface area contributed by atoms with Crippen molar-refractivity contribution in [3.05, 3.63) is 60.1 Å². The summed E-state index contributed by atoms with van der Waals surface area (Å²) in [5, 5.41) is 2.64. The van der Waals surface area contributed by atoms with Crippen LogP contribution in [0.15, 0.2) is 53.1 Å². The molecule has 1 atom stereocenters. The largest absolute Gasteiger partial charge is 0.469 e. The van der Waals surface area contributed by atoms with E-state index in [0.29, 0.717) is 12.0 Å². The van der Waals surface area contributed by atoms with Crippen LogP contribution >= 0.6 is 0 Å². The average molecular weight is 272 g/mol. The molecule has 0 spiro atoms. The zero-order valence-corrected chi connectivity index (χ0v) is 10.9. The summed E-state index contributed by atoms with van der Waals surface area (Å²) in [5.41, 5.74) is 6.01. The third-order valence-electron chi connectivity index (χ3n) is 2.90. The summed E-state index contributed by atoms with van der Waals surface area (Å²) in [4.78, 5) is 23.3. The molecule has 0 bridgehead atoms. The second-order valence-electron chi connectivity index (χ2n) is 4.39. The molecule has 0 radical (unpaired) electrons. The SMILES string of the molecule is NC(=O)[C@@H](NC(=O)CCc1ccco1)c1ccccc1. The lowest BCUT2D eigenvalue weighted by Gasteiger charge is -2.15. The molecule has 20 heavy (non-hydrogen) atoms. The van der Waals surface area contributed by atoms with Crippen LogP contribution in [0.5, 0.6) is 0 Å². The second-order valence-corrected chi connectivity index (χ2v) is 4.39. The summed E-state index contributed by atoms with van der Waals surface area (Å²) in [7, 11) is 0. The van der Waals surface area contributed by atoms with Crippen molar-refractivity contribution in [2.45, 2.75) is 18.9 Å². The van der Waals surface area contributed by atoms with Crippen LogP contribution in [0, 0.1) is 0 Å². The Morgan fingerprint density at radius 2 is 1.90 bits per heavy atom. The highest BCUT2D eigenvalue weighted by Crippen LogP contribution is 2.12. The average Bonchev–Trinajstić information content (AvgIpc) is 2.96. The van der Waals surface area contributed by atoms with Crippen LogP contribution in [0.4, 0.5) is 0 Å². The number of hydrogen-bond acceptors (Lipinski definition) is 3. The highest BCUT2D eigenvalue weighted by Gasteiger charge is 2.19. The van der Waals surface area contributed by atoms with Crippen LogP contribution in [-0.4, -0.2) is 11.8 Å². The van der Waals surface area contributed by atoms with E-state index in [4.69, 9.17) is 10.2 Å². The molecular formula is C15H16N2O3. The lowest BCUT2D eigenvalue weighted by Crippen LogP contribution is -2.37. The van der Waals surface area contributed by atoms with Crippen LogP contribution in [0.3, 0.4) is 0 Å². The van der Waals surface area contributed by atoms with E-state index in [9.17, 15) is 9.59 Å². The molecule has 104 valence electrons. The molecule has 1 aromatic carbocycles. The fourth-order valence-corrected chi connectivity index (χ4v) is 1.89. The molecule has 0 aliphatic heterocycles. The summed E-state index contributed by atoms with van der Waals surface area (Å²) >= 11 is 0. The number of rotatable bonds is 6. The van der Waals surface area contributed by atoms with Crippen molar-refractivity contribution in [3.63, 3.8) is 0 Å². The monoisotopic (exact) mass is 272 g/mol. The van der Waals surface area contributed by atoms with Crippen LogP contribution < -0.4 is 11.1 Å². The summed E-state index contributed by atoms with van der Waals surface area (Å²) in [6.45, 7) is 0. The summed E-state index contributed by atoms with van der Waals surface area (Å²) < 4.78 is 5.15. The van der Waals surface area contributed by atoms with E-state index in [1.807, 2.05) is 6.07 Å². The fraction of sp³-hybridized carbons (Fsp3) is 0.200. The van der Waals surface area contributed by atoms with Gasteiger partial charge in [-0.2, -0.15) is 0 Å². The van der Waals surface area contributed by atoms with E-state index in [-0.39, 0.29) is 12.3 Å². The van der Waals surface area contributed by atoms with Crippen molar-refractivity contribution in [1.82, 2.24) is 5.32 Å². The lowest BCUT2D eigenvalue weighted by molar-refractivity contribution is -0.127. The molecule has 1 heterocycles. The van der Waals surface area contributed by atoms with Crippen LogP contribution in [0.1, 0.15) is 23.8 Å². The molecule has 3 N–H and O–H groups in total. The summed E-state index contributed by atoms with van der Waals surface area (Å²) in [6.07, 6.45) is 2.28. The van der Waals surface area contributed by atoms with Gasteiger partial charge in [0.15, 0.2) is 0 Å². The molecule has 1 aromatic heterocycles. The fourth-order valence-electron chi connectivity index (χ4n) is 1.89. The highest BCUT2D eigenvalue weighted by molar-refractivity contribution is 5.87. The molecule has 2 rings (SSSR count). The molecule has 2 aromatic rings. The number of aryl methyl sites for hydroxylation is 1. The molecule has 2 amide bonds. The minimum absolute atomic E-state index is 0.240. The minimum atomic E-state index is -0.805. The van der Waals surface area contributed by atoms with Crippen molar-refractivity contribution in [2.24, 2.45) is 5.73 Å². The van der Waals surface area contributed by atoms with Gasteiger partial charge in [0.1, 0.15) is 11.8 Å². The minimum Gasteiger partial charge on any atom is -0.469 e. The van der Waals surface area contributed by atoms with E-state index in [0.717, 1.165) is 5.76 Å². The number of nitrogens with one attached hydrogen (secondary N) is 1. The normalized spacial score (nSPS) is 11.8. The molecule has 0 saturated heterocycles. The number of carbonyl (C=O) groups is 2. The van der Waals surface area contributed by atoms with Gasteiger partial charge in [-0.15, -0.1) is 0 Å². The maximum absolute atomic E-state index is 11.9. The number of carbonyl (C=O) groups excluding carboxylic acids is 2. The van der Waals surface area contributed by atoms with Crippen LogP contribution in [-0.2, 0) is 16.0 Å². The van der Waals surface area contributed by atoms with Gasteiger partial charge in [0, 0.05) is 12.8 Å². The van der Waals surface area contributed by atoms with Gasteiger partial charge in [-0.25, -0.2) is 0 Å².